The van der Waals surface area contributed by atoms with Crippen LogP contribution in [0.2, 0.25) is 10.0 Å². The minimum absolute atomic E-state index is 0.0705. The van der Waals surface area contributed by atoms with Crippen LogP contribution in [-0.2, 0) is 11.0 Å². The van der Waals surface area contributed by atoms with Gasteiger partial charge in [-0.15, -0.1) is 0 Å². The molecule has 6 nitrogen and oxygen atoms in total. The molecule has 1 aliphatic carbocycles. The summed E-state index contributed by atoms with van der Waals surface area (Å²) in [7, 11) is 1.53. The third-order valence-electron chi connectivity index (χ3n) is 5.67. The van der Waals surface area contributed by atoms with Crippen molar-refractivity contribution in [3.63, 3.8) is 0 Å². The van der Waals surface area contributed by atoms with E-state index in [0.29, 0.717) is 43.2 Å². The minimum Gasteiger partial charge on any atom is -0.495 e. The molecule has 0 amide bonds. The summed E-state index contributed by atoms with van der Waals surface area (Å²) in [5, 5.41) is 4.24. The Labute approximate surface area is 187 Å². The lowest BCUT2D eigenvalue weighted by Crippen LogP contribution is -2.50. The number of nitrogens with zero attached hydrogens (tertiary/aromatic N) is 4. The van der Waals surface area contributed by atoms with Crippen LogP contribution in [0, 0.1) is 0 Å². The highest BCUT2D eigenvalue weighted by Crippen LogP contribution is 2.47. The monoisotopic (exact) mass is 476 g/mol. The van der Waals surface area contributed by atoms with Gasteiger partial charge in [0.1, 0.15) is 5.75 Å². The van der Waals surface area contributed by atoms with Crippen LogP contribution in [0.3, 0.4) is 0 Å². The fourth-order valence-corrected chi connectivity index (χ4v) is 4.46. The van der Waals surface area contributed by atoms with Gasteiger partial charge in [-0.3, -0.25) is 9.69 Å². The largest absolute Gasteiger partial charge is 0.495 e. The number of anilines is 1. The minimum atomic E-state index is -4.71. The summed E-state index contributed by atoms with van der Waals surface area (Å²) in [6.45, 7) is 1.78. The molecule has 11 heteroatoms. The number of carbonyl (C=O) groups excluding carboxylic acids is 1. The van der Waals surface area contributed by atoms with Crippen LogP contribution in [0.4, 0.5) is 18.9 Å². The standard InChI is InChI=1S/C20H21Cl2F3N4O2/c1-31-15-10-13(4-5-14(15)21)27-6-8-28(9-7-27)16(11-30)29-19(20(23,24)25)17(22)18(26-29)12-2-3-12/h4-5,10-12,16H,2-3,6-9H2,1H3. The van der Waals surface area contributed by atoms with Gasteiger partial charge in [-0.2, -0.15) is 18.3 Å². The average molecular weight is 477 g/mol. The molecule has 2 heterocycles. The molecule has 1 saturated carbocycles. The molecule has 2 aliphatic rings. The number of aromatic nitrogens is 2. The lowest BCUT2D eigenvalue weighted by molar-refractivity contribution is -0.147. The molecule has 0 spiro atoms. The van der Waals surface area contributed by atoms with Gasteiger partial charge in [0.2, 0.25) is 0 Å². The summed E-state index contributed by atoms with van der Waals surface area (Å²) >= 11 is 12.1. The highest BCUT2D eigenvalue weighted by atomic mass is 35.5. The molecule has 0 bridgehead atoms. The normalized spacial score (nSPS) is 18.8. The predicted octanol–water partition coefficient (Wildman–Crippen LogP) is 4.61. The van der Waals surface area contributed by atoms with Gasteiger partial charge in [-0.05, 0) is 25.0 Å². The van der Waals surface area contributed by atoms with Crippen LogP contribution in [-0.4, -0.2) is 54.3 Å². The average Bonchev–Trinajstić information content (AvgIpc) is 3.51. The van der Waals surface area contributed by atoms with Crippen molar-refractivity contribution in [3.8, 4) is 5.75 Å². The second-order valence-electron chi connectivity index (χ2n) is 7.66. The van der Waals surface area contributed by atoms with E-state index in [1.165, 1.54) is 7.11 Å². The number of rotatable bonds is 6. The van der Waals surface area contributed by atoms with Crippen LogP contribution in [0.15, 0.2) is 18.2 Å². The number of ether oxygens (including phenoxy) is 1. The van der Waals surface area contributed by atoms with E-state index in [9.17, 15) is 18.0 Å². The van der Waals surface area contributed by atoms with Crippen molar-refractivity contribution in [2.45, 2.75) is 31.1 Å². The molecule has 2 fully saturated rings. The molecule has 168 valence electrons. The van der Waals surface area contributed by atoms with Gasteiger partial charge < -0.3 is 9.64 Å². The third-order valence-corrected chi connectivity index (χ3v) is 6.36. The first kappa shape index (κ1) is 22.2. The molecular weight excluding hydrogens is 456 g/mol. The van der Waals surface area contributed by atoms with E-state index in [4.69, 9.17) is 27.9 Å². The maximum atomic E-state index is 13.7. The smallest absolute Gasteiger partial charge is 0.434 e. The van der Waals surface area contributed by atoms with Gasteiger partial charge in [0.05, 0.1) is 22.8 Å². The Balaban J connectivity index is 1.55. The number of piperazine rings is 1. The number of hydrogen-bond acceptors (Lipinski definition) is 5. The van der Waals surface area contributed by atoms with Crippen molar-refractivity contribution >= 4 is 35.2 Å². The zero-order valence-corrected chi connectivity index (χ0v) is 18.2. The molecule has 4 rings (SSSR count). The van der Waals surface area contributed by atoms with Gasteiger partial charge >= 0.3 is 6.18 Å². The Kier molecular flexibility index (Phi) is 6.11. The molecule has 1 saturated heterocycles. The number of methoxy groups -OCH3 is 1. The number of carbonyl (C=O) groups is 1. The van der Waals surface area contributed by atoms with E-state index < -0.39 is 23.1 Å². The highest BCUT2D eigenvalue weighted by Gasteiger charge is 2.44. The first-order valence-electron chi connectivity index (χ1n) is 9.87. The number of benzene rings is 1. The Bertz CT molecular complexity index is 970. The Morgan fingerprint density at radius 2 is 1.87 bits per heavy atom. The summed E-state index contributed by atoms with van der Waals surface area (Å²) in [5.74, 6) is 0.472. The summed E-state index contributed by atoms with van der Waals surface area (Å²) in [5.41, 5.74) is 0.0588. The molecule has 1 aromatic carbocycles. The second-order valence-corrected chi connectivity index (χ2v) is 8.44. The van der Waals surface area contributed by atoms with Gasteiger partial charge in [-0.1, -0.05) is 23.2 Å². The number of hydrogen-bond donors (Lipinski definition) is 0. The number of alkyl halides is 3. The molecule has 0 N–H and O–H groups in total. The van der Waals surface area contributed by atoms with Crippen molar-refractivity contribution in [1.29, 1.82) is 0 Å². The maximum Gasteiger partial charge on any atom is 0.434 e. The van der Waals surface area contributed by atoms with Gasteiger partial charge in [-0.25, -0.2) is 4.68 Å². The molecule has 2 aromatic rings. The van der Waals surface area contributed by atoms with Crippen LogP contribution in [0.5, 0.6) is 5.75 Å². The number of halogens is 5. The van der Waals surface area contributed by atoms with E-state index in [-0.39, 0.29) is 11.6 Å². The van der Waals surface area contributed by atoms with E-state index >= 15 is 0 Å². The van der Waals surface area contributed by atoms with Crippen molar-refractivity contribution in [2.24, 2.45) is 0 Å². The first-order valence-corrected chi connectivity index (χ1v) is 10.6. The molecule has 1 aliphatic heterocycles. The molecule has 0 radical (unpaired) electrons. The van der Waals surface area contributed by atoms with E-state index in [2.05, 4.69) is 10.00 Å². The van der Waals surface area contributed by atoms with E-state index in [1.807, 2.05) is 12.1 Å². The number of aldehydes is 1. The van der Waals surface area contributed by atoms with E-state index in [0.717, 1.165) is 23.2 Å². The summed E-state index contributed by atoms with van der Waals surface area (Å²) < 4.78 is 47.2. The quantitative estimate of drug-likeness (QED) is 0.569. The van der Waals surface area contributed by atoms with Crippen LogP contribution in [0.1, 0.15) is 36.3 Å². The lowest BCUT2D eigenvalue weighted by atomic mass is 10.2. The summed E-state index contributed by atoms with van der Waals surface area (Å²) in [6.07, 6.45) is -3.88. The summed E-state index contributed by atoms with van der Waals surface area (Å²) in [4.78, 5) is 15.7. The maximum absolute atomic E-state index is 13.7. The van der Waals surface area contributed by atoms with Crippen molar-refractivity contribution < 1.29 is 22.7 Å². The first-order chi connectivity index (χ1) is 14.7. The fourth-order valence-electron chi connectivity index (χ4n) is 3.88. The Hall–Kier alpha value is -1.97. The molecular formula is C20H21Cl2F3N4O2. The predicted molar refractivity (Wildman–Crippen MR) is 111 cm³/mol. The zero-order valence-electron chi connectivity index (χ0n) is 16.7. The van der Waals surface area contributed by atoms with Crippen molar-refractivity contribution in [2.75, 3.05) is 38.2 Å². The second kappa shape index (κ2) is 8.52. The van der Waals surface area contributed by atoms with Gasteiger partial charge in [0.15, 0.2) is 18.1 Å². The van der Waals surface area contributed by atoms with Gasteiger partial charge in [0.25, 0.3) is 0 Å². The van der Waals surface area contributed by atoms with Crippen LogP contribution >= 0.6 is 23.2 Å². The van der Waals surface area contributed by atoms with E-state index in [1.54, 1.807) is 11.0 Å². The van der Waals surface area contributed by atoms with Crippen LogP contribution < -0.4 is 9.64 Å². The molecule has 1 atom stereocenters. The molecule has 31 heavy (non-hydrogen) atoms. The lowest BCUT2D eigenvalue weighted by Gasteiger charge is -2.38. The Morgan fingerprint density at radius 3 is 2.42 bits per heavy atom. The van der Waals surface area contributed by atoms with Crippen molar-refractivity contribution in [3.05, 3.63) is 39.6 Å². The zero-order chi connectivity index (χ0) is 22.3. The summed E-state index contributed by atoms with van der Waals surface area (Å²) in [6, 6.07) is 5.40. The third kappa shape index (κ3) is 4.36. The topological polar surface area (TPSA) is 50.6 Å². The Morgan fingerprint density at radius 1 is 1.19 bits per heavy atom. The SMILES string of the molecule is COc1cc(N2CCN(C(C=O)n3nc(C4CC4)c(Cl)c3C(F)(F)F)CC2)ccc1Cl. The molecule has 1 aromatic heterocycles. The van der Waals surface area contributed by atoms with Crippen molar-refractivity contribution in [1.82, 2.24) is 14.7 Å². The fraction of sp³-hybridized carbons (Fsp3) is 0.500. The highest BCUT2D eigenvalue weighted by molar-refractivity contribution is 6.32. The van der Waals surface area contributed by atoms with Gasteiger partial charge in [0, 0.05) is 43.9 Å². The molecule has 1 unspecified atom stereocenters. The van der Waals surface area contributed by atoms with Crippen LogP contribution in [0.25, 0.3) is 0 Å².